The molecular weight excluding hydrogens is 270 g/mol. The molecule has 0 radical (unpaired) electrons. The molecular formula is C14H17N5O2. The van der Waals surface area contributed by atoms with Crippen LogP contribution in [0, 0.1) is 0 Å². The van der Waals surface area contributed by atoms with Crippen LogP contribution in [0.4, 0.5) is 5.82 Å². The van der Waals surface area contributed by atoms with Gasteiger partial charge in [-0.05, 0) is 18.2 Å². The summed E-state index contributed by atoms with van der Waals surface area (Å²) in [5.41, 5.74) is 1.32. The third-order valence-corrected chi connectivity index (χ3v) is 3.44. The second-order valence-corrected chi connectivity index (χ2v) is 4.78. The topological polar surface area (TPSA) is 83.1 Å². The van der Waals surface area contributed by atoms with Gasteiger partial charge in [-0.15, -0.1) is 0 Å². The molecule has 0 spiro atoms. The van der Waals surface area contributed by atoms with Crippen molar-refractivity contribution < 1.29 is 9.53 Å². The van der Waals surface area contributed by atoms with E-state index in [-0.39, 0.29) is 12.0 Å². The fourth-order valence-corrected chi connectivity index (χ4v) is 2.33. The van der Waals surface area contributed by atoms with Crippen molar-refractivity contribution in [2.24, 2.45) is 0 Å². The van der Waals surface area contributed by atoms with Crippen molar-refractivity contribution in [1.82, 2.24) is 20.1 Å². The van der Waals surface area contributed by atoms with E-state index in [0.29, 0.717) is 25.4 Å². The Balaban J connectivity index is 1.75. The van der Waals surface area contributed by atoms with Crippen molar-refractivity contribution in [1.29, 1.82) is 0 Å². The Kier molecular flexibility index (Phi) is 3.83. The van der Waals surface area contributed by atoms with E-state index in [0.717, 1.165) is 11.5 Å². The number of carbonyl (C=O) groups excluding carboxylic acids is 1. The summed E-state index contributed by atoms with van der Waals surface area (Å²) in [5, 5.41) is 9.52. The molecule has 2 N–H and O–H groups in total. The lowest BCUT2D eigenvalue weighted by Gasteiger charge is -2.32. The molecule has 2 aromatic rings. The van der Waals surface area contributed by atoms with Crippen LogP contribution in [0.25, 0.3) is 0 Å². The Labute approximate surface area is 122 Å². The quantitative estimate of drug-likeness (QED) is 0.882. The number of morpholine rings is 1. The van der Waals surface area contributed by atoms with E-state index in [1.165, 1.54) is 0 Å². The number of aromatic nitrogens is 3. The fourth-order valence-electron chi connectivity index (χ4n) is 2.33. The van der Waals surface area contributed by atoms with E-state index in [9.17, 15) is 4.79 Å². The maximum atomic E-state index is 12.3. The summed E-state index contributed by atoms with van der Waals surface area (Å²) in [5.74, 6) is 0.721. The van der Waals surface area contributed by atoms with Crippen LogP contribution < -0.4 is 5.32 Å². The molecule has 0 saturated carbocycles. The third-order valence-electron chi connectivity index (χ3n) is 3.44. The molecule has 1 fully saturated rings. The number of amides is 1. The van der Waals surface area contributed by atoms with E-state index in [2.05, 4.69) is 20.5 Å². The minimum absolute atomic E-state index is 0.0643. The van der Waals surface area contributed by atoms with E-state index < -0.39 is 0 Å². The summed E-state index contributed by atoms with van der Waals surface area (Å²) < 4.78 is 5.75. The molecule has 1 saturated heterocycles. The number of rotatable bonds is 3. The van der Waals surface area contributed by atoms with E-state index >= 15 is 0 Å². The van der Waals surface area contributed by atoms with Crippen molar-refractivity contribution in [3.8, 4) is 0 Å². The first-order chi connectivity index (χ1) is 10.3. The van der Waals surface area contributed by atoms with Crippen molar-refractivity contribution in [3.63, 3.8) is 0 Å². The first-order valence-electron chi connectivity index (χ1n) is 6.83. The molecule has 3 heterocycles. The Morgan fingerprint density at radius 1 is 1.48 bits per heavy atom. The normalized spacial score (nSPS) is 18.5. The zero-order valence-corrected chi connectivity index (χ0v) is 11.7. The number of pyridine rings is 1. The minimum atomic E-state index is -0.209. The smallest absolute Gasteiger partial charge is 0.272 e. The number of nitrogens with zero attached hydrogens (tertiary/aromatic N) is 3. The van der Waals surface area contributed by atoms with Gasteiger partial charge in [0.1, 0.15) is 17.6 Å². The average molecular weight is 287 g/mol. The molecule has 21 heavy (non-hydrogen) atoms. The summed E-state index contributed by atoms with van der Waals surface area (Å²) in [6.07, 6.45) is 1.36. The van der Waals surface area contributed by atoms with Crippen LogP contribution in [0.15, 0.2) is 30.5 Å². The maximum Gasteiger partial charge on any atom is 0.272 e. The lowest BCUT2D eigenvalue weighted by molar-refractivity contribution is -0.0248. The molecule has 3 rings (SSSR count). The Bertz CT molecular complexity index is 614. The van der Waals surface area contributed by atoms with Crippen LogP contribution in [0.1, 0.15) is 22.3 Å². The third kappa shape index (κ3) is 2.87. The first-order valence-corrected chi connectivity index (χ1v) is 6.83. The van der Waals surface area contributed by atoms with Crippen LogP contribution in [0.2, 0.25) is 0 Å². The molecule has 0 aromatic carbocycles. The molecule has 7 heteroatoms. The number of H-pyrrole nitrogens is 1. The molecule has 110 valence electrons. The summed E-state index contributed by atoms with van der Waals surface area (Å²) in [6, 6.07) is 7.40. The van der Waals surface area contributed by atoms with Gasteiger partial charge in [0.15, 0.2) is 0 Å². The van der Waals surface area contributed by atoms with Gasteiger partial charge in [0.05, 0.1) is 18.8 Å². The predicted molar refractivity (Wildman–Crippen MR) is 77.0 cm³/mol. The van der Waals surface area contributed by atoms with Crippen molar-refractivity contribution >= 4 is 11.7 Å². The van der Waals surface area contributed by atoms with Crippen molar-refractivity contribution in [3.05, 3.63) is 41.9 Å². The number of hydrogen-bond donors (Lipinski definition) is 2. The van der Waals surface area contributed by atoms with Gasteiger partial charge in [0.25, 0.3) is 5.91 Å². The Hall–Kier alpha value is -2.41. The van der Waals surface area contributed by atoms with Gasteiger partial charge < -0.3 is 15.0 Å². The summed E-state index contributed by atoms with van der Waals surface area (Å²) in [7, 11) is 1.82. The summed E-state index contributed by atoms with van der Waals surface area (Å²) >= 11 is 0. The number of nitrogens with one attached hydrogen (secondary N) is 2. The highest BCUT2D eigenvalue weighted by Gasteiger charge is 2.27. The Morgan fingerprint density at radius 2 is 2.38 bits per heavy atom. The van der Waals surface area contributed by atoms with Gasteiger partial charge in [0.2, 0.25) is 0 Å². The minimum Gasteiger partial charge on any atom is -0.373 e. The molecule has 1 amide bonds. The summed E-state index contributed by atoms with van der Waals surface area (Å²) in [6.45, 7) is 1.55. The lowest BCUT2D eigenvalue weighted by atomic mass is 10.1. The second kappa shape index (κ2) is 5.92. The van der Waals surface area contributed by atoms with Crippen LogP contribution >= 0.6 is 0 Å². The molecule has 0 unspecified atom stereocenters. The number of carbonyl (C=O) groups is 1. The van der Waals surface area contributed by atoms with Gasteiger partial charge in [-0.25, -0.2) is 4.98 Å². The maximum absolute atomic E-state index is 12.3. The second-order valence-electron chi connectivity index (χ2n) is 4.78. The van der Waals surface area contributed by atoms with Gasteiger partial charge in [0, 0.05) is 19.8 Å². The van der Waals surface area contributed by atoms with Crippen molar-refractivity contribution in [2.45, 2.75) is 6.10 Å². The molecule has 0 aliphatic carbocycles. The largest absolute Gasteiger partial charge is 0.373 e. The number of anilines is 1. The SMILES string of the molecule is CNc1cccc([C@@H]2CN(C(=O)c3ccn[nH]3)CCO2)n1. The van der Waals surface area contributed by atoms with Gasteiger partial charge >= 0.3 is 0 Å². The highest BCUT2D eigenvalue weighted by atomic mass is 16.5. The summed E-state index contributed by atoms with van der Waals surface area (Å²) in [4.78, 5) is 18.6. The first kappa shape index (κ1) is 13.6. The predicted octanol–water partition coefficient (Wildman–Crippen LogP) is 1.06. The molecule has 1 aliphatic rings. The molecule has 1 aliphatic heterocycles. The molecule has 2 aromatic heterocycles. The zero-order valence-electron chi connectivity index (χ0n) is 11.7. The molecule has 7 nitrogen and oxygen atoms in total. The van der Waals surface area contributed by atoms with E-state index in [1.807, 2.05) is 25.2 Å². The van der Waals surface area contributed by atoms with Crippen LogP contribution in [-0.4, -0.2) is 52.7 Å². The highest BCUT2D eigenvalue weighted by Crippen LogP contribution is 2.22. The van der Waals surface area contributed by atoms with Crippen LogP contribution in [0.3, 0.4) is 0 Å². The average Bonchev–Trinajstić information content (AvgIpc) is 3.09. The van der Waals surface area contributed by atoms with Gasteiger partial charge in [-0.3, -0.25) is 9.89 Å². The fraction of sp³-hybridized carbons (Fsp3) is 0.357. The van der Waals surface area contributed by atoms with Crippen LogP contribution in [-0.2, 0) is 4.74 Å². The Morgan fingerprint density at radius 3 is 3.14 bits per heavy atom. The number of aromatic amines is 1. The highest BCUT2D eigenvalue weighted by molar-refractivity contribution is 5.92. The van der Waals surface area contributed by atoms with E-state index in [4.69, 9.17) is 4.74 Å². The van der Waals surface area contributed by atoms with Crippen LogP contribution in [0.5, 0.6) is 0 Å². The lowest BCUT2D eigenvalue weighted by Crippen LogP contribution is -2.42. The monoisotopic (exact) mass is 287 g/mol. The molecule has 0 bridgehead atoms. The standard InChI is InChI=1S/C14H17N5O2/c1-15-13-4-2-3-10(17-13)12-9-19(7-8-21-12)14(20)11-5-6-16-18-11/h2-6,12H,7-9H2,1H3,(H,15,17)(H,16,18)/t12-/m0/s1. The zero-order chi connectivity index (χ0) is 14.7. The van der Waals surface area contributed by atoms with Gasteiger partial charge in [-0.2, -0.15) is 5.10 Å². The number of hydrogen-bond acceptors (Lipinski definition) is 5. The van der Waals surface area contributed by atoms with E-state index in [1.54, 1.807) is 17.2 Å². The van der Waals surface area contributed by atoms with Crippen molar-refractivity contribution in [2.75, 3.05) is 32.1 Å². The molecule has 1 atom stereocenters. The van der Waals surface area contributed by atoms with Gasteiger partial charge in [-0.1, -0.05) is 6.07 Å². The number of ether oxygens (including phenoxy) is 1.